The first-order chi connectivity index (χ1) is 8.78. The van der Waals surface area contributed by atoms with Gasteiger partial charge in [0.05, 0.1) is 6.10 Å². The van der Waals surface area contributed by atoms with Crippen molar-refractivity contribution in [2.45, 2.75) is 83.3 Å². The Bertz CT molecular complexity index is 225. The highest BCUT2D eigenvalue weighted by molar-refractivity contribution is 4.79. The normalized spacial score (nSPS) is 31.7. The number of hydrogen-bond acceptors (Lipinski definition) is 2. The number of nitrogens with one attached hydrogen (secondary N) is 1. The summed E-state index contributed by atoms with van der Waals surface area (Å²) in [5, 5.41) is 13.7. The second kappa shape index (κ2) is 7.49. The molecule has 0 radical (unpaired) electrons. The van der Waals surface area contributed by atoms with Crippen molar-refractivity contribution >= 4 is 0 Å². The van der Waals surface area contributed by atoms with Crippen molar-refractivity contribution in [1.82, 2.24) is 5.32 Å². The largest absolute Gasteiger partial charge is 0.392 e. The first-order valence-electron chi connectivity index (χ1n) is 8.19. The summed E-state index contributed by atoms with van der Waals surface area (Å²) in [6.07, 6.45) is 13.1. The maximum atomic E-state index is 10.1. The quantitative estimate of drug-likeness (QED) is 0.759. The van der Waals surface area contributed by atoms with E-state index < -0.39 is 0 Å². The molecule has 2 fully saturated rings. The Morgan fingerprint density at radius 2 is 1.78 bits per heavy atom. The molecule has 0 heterocycles. The van der Waals surface area contributed by atoms with Gasteiger partial charge in [0.1, 0.15) is 0 Å². The fourth-order valence-corrected chi connectivity index (χ4v) is 3.86. The van der Waals surface area contributed by atoms with Crippen molar-refractivity contribution < 1.29 is 5.11 Å². The third kappa shape index (κ3) is 4.55. The number of aliphatic hydroxyl groups is 1. The van der Waals surface area contributed by atoms with Gasteiger partial charge in [-0.2, -0.15) is 0 Å². The molecule has 2 heteroatoms. The molecule has 3 unspecified atom stereocenters. The molecule has 0 amide bonds. The molecule has 0 aromatic heterocycles. The van der Waals surface area contributed by atoms with Gasteiger partial charge < -0.3 is 10.4 Å². The smallest absolute Gasteiger partial charge is 0.0667 e. The van der Waals surface area contributed by atoms with Crippen LogP contribution in [-0.4, -0.2) is 23.8 Å². The lowest BCUT2D eigenvalue weighted by atomic mass is 9.84. The highest BCUT2D eigenvalue weighted by Gasteiger charge is 2.22. The predicted molar refractivity (Wildman–Crippen MR) is 76.6 cm³/mol. The average molecular weight is 253 g/mol. The number of hydrogen-bond donors (Lipinski definition) is 2. The molecule has 0 saturated heterocycles. The molecule has 0 aliphatic heterocycles. The zero-order valence-corrected chi connectivity index (χ0v) is 12.0. The second-order valence-corrected chi connectivity index (χ2v) is 6.59. The molecule has 0 aromatic carbocycles. The van der Waals surface area contributed by atoms with E-state index in [9.17, 15) is 5.11 Å². The van der Waals surface area contributed by atoms with Crippen LogP contribution in [-0.2, 0) is 0 Å². The lowest BCUT2D eigenvalue weighted by molar-refractivity contribution is 0.131. The fourth-order valence-electron chi connectivity index (χ4n) is 3.86. The molecule has 2 aliphatic rings. The molecule has 3 atom stereocenters. The van der Waals surface area contributed by atoms with Crippen molar-refractivity contribution in [2.75, 3.05) is 6.54 Å². The molecule has 18 heavy (non-hydrogen) atoms. The van der Waals surface area contributed by atoms with Crippen LogP contribution in [0, 0.1) is 11.8 Å². The van der Waals surface area contributed by atoms with E-state index in [1.165, 1.54) is 57.8 Å². The van der Waals surface area contributed by atoms with Crippen molar-refractivity contribution in [2.24, 2.45) is 11.8 Å². The van der Waals surface area contributed by atoms with E-state index in [4.69, 9.17) is 0 Å². The van der Waals surface area contributed by atoms with Crippen LogP contribution in [0.1, 0.15) is 71.1 Å². The van der Waals surface area contributed by atoms with Gasteiger partial charge in [-0.25, -0.2) is 0 Å². The SMILES string of the molecule is CCC1CCCC(NCC(O)CC2CCCC2)C1. The van der Waals surface area contributed by atoms with E-state index >= 15 is 0 Å². The molecule has 2 N–H and O–H groups in total. The van der Waals surface area contributed by atoms with Crippen LogP contribution < -0.4 is 5.32 Å². The van der Waals surface area contributed by atoms with Gasteiger partial charge in [0, 0.05) is 12.6 Å². The lowest BCUT2D eigenvalue weighted by Crippen LogP contribution is -2.39. The van der Waals surface area contributed by atoms with Crippen LogP contribution >= 0.6 is 0 Å². The molecule has 106 valence electrons. The van der Waals surface area contributed by atoms with E-state index in [2.05, 4.69) is 12.2 Å². The highest BCUT2D eigenvalue weighted by Crippen LogP contribution is 2.29. The Morgan fingerprint density at radius 3 is 2.50 bits per heavy atom. The lowest BCUT2D eigenvalue weighted by Gasteiger charge is -2.30. The summed E-state index contributed by atoms with van der Waals surface area (Å²) in [5.74, 6) is 1.72. The van der Waals surface area contributed by atoms with Crippen LogP contribution in [0.25, 0.3) is 0 Å². The van der Waals surface area contributed by atoms with Crippen molar-refractivity contribution in [3.8, 4) is 0 Å². The summed E-state index contributed by atoms with van der Waals surface area (Å²) in [4.78, 5) is 0. The first-order valence-corrected chi connectivity index (χ1v) is 8.19. The monoisotopic (exact) mass is 253 g/mol. The van der Waals surface area contributed by atoms with Gasteiger partial charge in [0.25, 0.3) is 0 Å². The van der Waals surface area contributed by atoms with E-state index in [1.807, 2.05) is 0 Å². The maximum absolute atomic E-state index is 10.1. The van der Waals surface area contributed by atoms with Crippen molar-refractivity contribution in [3.05, 3.63) is 0 Å². The Labute approximate surface area is 113 Å². The van der Waals surface area contributed by atoms with Gasteiger partial charge in [-0.15, -0.1) is 0 Å². The summed E-state index contributed by atoms with van der Waals surface area (Å²) in [7, 11) is 0. The molecule has 0 aromatic rings. The number of aliphatic hydroxyl groups excluding tert-OH is 1. The van der Waals surface area contributed by atoms with Gasteiger partial charge in [0.2, 0.25) is 0 Å². The van der Waals surface area contributed by atoms with Crippen LogP contribution in [0.2, 0.25) is 0 Å². The fraction of sp³-hybridized carbons (Fsp3) is 1.00. The van der Waals surface area contributed by atoms with Gasteiger partial charge in [-0.05, 0) is 31.1 Å². The Balaban J connectivity index is 1.61. The zero-order chi connectivity index (χ0) is 12.8. The van der Waals surface area contributed by atoms with E-state index in [1.54, 1.807) is 0 Å². The van der Waals surface area contributed by atoms with Crippen molar-refractivity contribution in [3.63, 3.8) is 0 Å². The topological polar surface area (TPSA) is 32.3 Å². The Hall–Kier alpha value is -0.0800. The van der Waals surface area contributed by atoms with Crippen LogP contribution in [0.4, 0.5) is 0 Å². The van der Waals surface area contributed by atoms with Crippen LogP contribution in [0.15, 0.2) is 0 Å². The van der Waals surface area contributed by atoms with E-state index in [-0.39, 0.29) is 6.10 Å². The molecule has 2 saturated carbocycles. The molecule has 2 aliphatic carbocycles. The third-order valence-electron chi connectivity index (χ3n) is 5.08. The summed E-state index contributed by atoms with van der Waals surface area (Å²) < 4.78 is 0. The second-order valence-electron chi connectivity index (χ2n) is 6.59. The van der Waals surface area contributed by atoms with E-state index in [0.717, 1.165) is 24.8 Å². The van der Waals surface area contributed by atoms with Crippen molar-refractivity contribution in [1.29, 1.82) is 0 Å². The standard InChI is InChI=1S/C16H31NO/c1-2-13-8-5-9-15(10-13)17-12-16(18)11-14-6-3-4-7-14/h13-18H,2-12H2,1H3. The van der Waals surface area contributed by atoms with Crippen LogP contribution in [0.5, 0.6) is 0 Å². The van der Waals surface area contributed by atoms with Gasteiger partial charge in [-0.3, -0.25) is 0 Å². The maximum Gasteiger partial charge on any atom is 0.0667 e. The summed E-state index contributed by atoms with van der Waals surface area (Å²) in [5.41, 5.74) is 0. The highest BCUT2D eigenvalue weighted by atomic mass is 16.3. The molecule has 0 spiro atoms. The van der Waals surface area contributed by atoms with E-state index in [0.29, 0.717) is 6.04 Å². The van der Waals surface area contributed by atoms with Gasteiger partial charge in [-0.1, -0.05) is 51.9 Å². The molecule has 2 nitrogen and oxygen atoms in total. The molecule has 0 bridgehead atoms. The zero-order valence-electron chi connectivity index (χ0n) is 12.0. The summed E-state index contributed by atoms with van der Waals surface area (Å²) in [6, 6.07) is 0.668. The minimum atomic E-state index is -0.116. The summed E-state index contributed by atoms with van der Waals surface area (Å²) >= 11 is 0. The van der Waals surface area contributed by atoms with Gasteiger partial charge >= 0.3 is 0 Å². The van der Waals surface area contributed by atoms with Gasteiger partial charge in [0.15, 0.2) is 0 Å². The molecule has 2 rings (SSSR count). The minimum Gasteiger partial charge on any atom is -0.392 e. The first kappa shape index (κ1) is 14.3. The van der Waals surface area contributed by atoms with Crippen LogP contribution in [0.3, 0.4) is 0 Å². The predicted octanol–water partition coefficient (Wildman–Crippen LogP) is 3.49. The minimum absolute atomic E-state index is 0.116. The third-order valence-corrected chi connectivity index (χ3v) is 5.08. The number of rotatable bonds is 6. The summed E-state index contributed by atoms with van der Waals surface area (Å²) in [6.45, 7) is 3.12. The molecular formula is C16H31NO. The Morgan fingerprint density at radius 1 is 1.06 bits per heavy atom. The molecular weight excluding hydrogens is 222 g/mol. The Kier molecular flexibility index (Phi) is 5.97. The average Bonchev–Trinajstić information content (AvgIpc) is 2.89.